The van der Waals surface area contributed by atoms with Crippen LogP contribution < -0.4 is 0 Å². The molecule has 1 amide bonds. The van der Waals surface area contributed by atoms with Crippen LogP contribution in [0.5, 0.6) is 0 Å². The van der Waals surface area contributed by atoms with E-state index in [-0.39, 0.29) is 47.1 Å². The first-order valence-electron chi connectivity index (χ1n) is 11.8. The van der Waals surface area contributed by atoms with Crippen LogP contribution in [0.25, 0.3) is 0 Å². The van der Waals surface area contributed by atoms with E-state index in [1.807, 2.05) is 19.1 Å². The molecule has 0 radical (unpaired) electrons. The van der Waals surface area contributed by atoms with Crippen molar-refractivity contribution in [3.8, 4) is 6.07 Å². The highest BCUT2D eigenvalue weighted by atomic mass is 35.5. The summed E-state index contributed by atoms with van der Waals surface area (Å²) in [4.78, 5) is 28.3. The molecule has 184 valence electrons. The Labute approximate surface area is 211 Å². The number of nitriles is 1. The molecule has 7 nitrogen and oxygen atoms in total. The summed E-state index contributed by atoms with van der Waals surface area (Å²) in [6.07, 6.45) is 2.56. The van der Waals surface area contributed by atoms with E-state index in [2.05, 4.69) is 6.07 Å². The molecule has 2 aliphatic heterocycles. The molecule has 2 fully saturated rings. The van der Waals surface area contributed by atoms with Gasteiger partial charge in [0.15, 0.2) is 5.78 Å². The van der Waals surface area contributed by atoms with Crippen molar-refractivity contribution in [2.75, 3.05) is 19.6 Å². The van der Waals surface area contributed by atoms with E-state index in [1.54, 1.807) is 29.2 Å². The van der Waals surface area contributed by atoms with Gasteiger partial charge in [0.25, 0.3) is 5.91 Å². The second-order valence-electron chi connectivity index (χ2n) is 9.31. The highest BCUT2D eigenvalue weighted by Gasteiger charge is 2.38. The van der Waals surface area contributed by atoms with Crippen molar-refractivity contribution in [3.63, 3.8) is 0 Å². The summed E-state index contributed by atoms with van der Waals surface area (Å²) < 4.78 is 27.1. The van der Waals surface area contributed by atoms with E-state index in [4.69, 9.17) is 16.9 Å². The minimum absolute atomic E-state index is 0.00685. The van der Waals surface area contributed by atoms with Crippen LogP contribution in [0, 0.1) is 17.2 Å². The number of carbonyl (C=O) groups is 2. The zero-order chi connectivity index (χ0) is 25.2. The van der Waals surface area contributed by atoms with Crippen molar-refractivity contribution in [1.82, 2.24) is 9.21 Å². The van der Waals surface area contributed by atoms with Gasteiger partial charge in [-0.1, -0.05) is 36.7 Å². The number of hydrogen-bond acceptors (Lipinski definition) is 5. The van der Waals surface area contributed by atoms with Crippen molar-refractivity contribution in [3.05, 3.63) is 64.7 Å². The molecule has 2 aromatic carbocycles. The van der Waals surface area contributed by atoms with Gasteiger partial charge in [-0.15, -0.1) is 0 Å². The van der Waals surface area contributed by atoms with Gasteiger partial charge in [0.1, 0.15) is 0 Å². The Bertz CT molecular complexity index is 1250. The maximum absolute atomic E-state index is 13.4. The van der Waals surface area contributed by atoms with Crippen LogP contribution in [0.4, 0.5) is 0 Å². The minimum Gasteiger partial charge on any atom is -0.329 e. The molecule has 0 aliphatic carbocycles. The fourth-order valence-electron chi connectivity index (χ4n) is 4.68. The quantitative estimate of drug-likeness (QED) is 0.551. The molecule has 35 heavy (non-hydrogen) atoms. The van der Waals surface area contributed by atoms with Crippen LogP contribution in [0.1, 0.15) is 54.4 Å². The molecule has 9 heteroatoms. The number of sulfonamides is 1. The third kappa shape index (κ3) is 5.43. The first kappa shape index (κ1) is 25.4. The molecule has 4 rings (SSSR count). The zero-order valence-electron chi connectivity index (χ0n) is 19.6. The van der Waals surface area contributed by atoms with Crippen LogP contribution >= 0.6 is 11.6 Å². The number of ketones is 1. The number of carbonyl (C=O) groups excluding carboxylic acids is 2. The van der Waals surface area contributed by atoms with Crippen molar-refractivity contribution in [2.45, 2.75) is 49.5 Å². The molecule has 2 heterocycles. The van der Waals surface area contributed by atoms with Gasteiger partial charge in [0.2, 0.25) is 10.0 Å². The number of hydrogen-bond donors (Lipinski definition) is 0. The fraction of sp³-hybridized carbons (Fsp3) is 0.423. The summed E-state index contributed by atoms with van der Waals surface area (Å²) in [5, 5.41) is 9.59. The van der Waals surface area contributed by atoms with Crippen LogP contribution in [-0.2, 0) is 14.8 Å². The summed E-state index contributed by atoms with van der Waals surface area (Å²) in [6.45, 7) is 2.76. The lowest BCUT2D eigenvalue weighted by molar-refractivity contribution is -0.124. The lowest BCUT2D eigenvalue weighted by Gasteiger charge is -2.36. The molecule has 0 bridgehead atoms. The number of Topliss-reactive ketones (excluding diaryl/α,β-unsaturated/α-hetero) is 1. The number of nitrogens with zero attached hydrogens (tertiary/aromatic N) is 3. The highest BCUT2D eigenvalue weighted by Crippen LogP contribution is 2.28. The molecule has 2 saturated heterocycles. The normalized spacial score (nSPS) is 20.0. The van der Waals surface area contributed by atoms with E-state index in [9.17, 15) is 18.0 Å². The van der Waals surface area contributed by atoms with Crippen molar-refractivity contribution >= 4 is 33.3 Å². The van der Waals surface area contributed by atoms with E-state index in [1.165, 1.54) is 16.4 Å². The minimum atomic E-state index is -3.78. The lowest BCUT2D eigenvalue weighted by atomic mass is 9.89. The summed E-state index contributed by atoms with van der Waals surface area (Å²) in [6, 6.07) is 14.9. The lowest BCUT2D eigenvalue weighted by Crippen LogP contribution is -2.49. The predicted molar refractivity (Wildman–Crippen MR) is 132 cm³/mol. The molecule has 2 aromatic rings. The fourth-order valence-corrected chi connectivity index (χ4v) is 6.38. The number of amides is 1. The van der Waals surface area contributed by atoms with E-state index < -0.39 is 16.1 Å². The van der Waals surface area contributed by atoms with Gasteiger partial charge in [0, 0.05) is 36.6 Å². The Morgan fingerprint density at radius 3 is 2.54 bits per heavy atom. The molecular formula is C26H28ClN3O4S. The second-order valence-corrected chi connectivity index (χ2v) is 11.7. The third-order valence-electron chi connectivity index (χ3n) is 6.83. The topological polar surface area (TPSA) is 98.6 Å². The van der Waals surface area contributed by atoms with Crippen LogP contribution in [0.2, 0.25) is 5.02 Å². The Hall–Kier alpha value is -2.73. The Morgan fingerprint density at radius 2 is 1.86 bits per heavy atom. The van der Waals surface area contributed by atoms with E-state index >= 15 is 0 Å². The molecular weight excluding hydrogens is 486 g/mol. The highest BCUT2D eigenvalue weighted by molar-refractivity contribution is 7.89. The van der Waals surface area contributed by atoms with E-state index in [0.717, 1.165) is 18.4 Å². The van der Waals surface area contributed by atoms with Gasteiger partial charge < -0.3 is 4.90 Å². The summed E-state index contributed by atoms with van der Waals surface area (Å²) in [5.41, 5.74) is 1.26. The molecule has 0 spiro atoms. The number of rotatable bonds is 7. The van der Waals surface area contributed by atoms with Crippen LogP contribution in [-0.4, -0.2) is 55.0 Å². The standard InChI is InChI=1S/C26H28ClN3O4S/c1-18(20-8-10-22(27)11-9-20)13-25(31)24-7-2-3-12-30(24)26(32)21-5-4-6-23(14-21)35(33,34)29-16-19(15-28)17-29/h4-6,8-11,14,18-19,24H,2-3,7,12-13,16-17H2,1H3/t18-,24+/m0/s1. The molecule has 0 N–H and O–H groups in total. The van der Waals surface area contributed by atoms with Gasteiger partial charge in [-0.3, -0.25) is 9.59 Å². The maximum Gasteiger partial charge on any atom is 0.254 e. The first-order valence-corrected chi connectivity index (χ1v) is 13.6. The smallest absolute Gasteiger partial charge is 0.254 e. The summed E-state index contributed by atoms with van der Waals surface area (Å²) >= 11 is 5.97. The second kappa shape index (κ2) is 10.5. The Kier molecular flexibility index (Phi) is 7.60. The van der Waals surface area contributed by atoms with Gasteiger partial charge in [-0.2, -0.15) is 9.57 Å². The molecule has 0 unspecified atom stereocenters. The van der Waals surface area contributed by atoms with Crippen LogP contribution in [0.15, 0.2) is 53.4 Å². The van der Waals surface area contributed by atoms with Gasteiger partial charge in [-0.25, -0.2) is 8.42 Å². The Morgan fingerprint density at radius 1 is 1.14 bits per heavy atom. The van der Waals surface area contributed by atoms with Crippen LogP contribution in [0.3, 0.4) is 0 Å². The molecule has 2 aliphatic rings. The molecule has 0 saturated carbocycles. The van der Waals surface area contributed by atoms with Gasteiger partial charge >= 0.3 is 0 Å². The zero-order valence-corrected chi connectivity index (χ0v) is 21.1. The predicted octanol–water partition coefficient (Wildman–Crippen LogP) is 4.24. The maximum atomic E-state index is 13.4. The first-order chi connectivity index (χ1) is 16.7. The number of piperidine rings is 1. The van der Waals surface area contributed by atoms with Crippen molar-refractivity contribution < 1.29 is 18.0 Å². The summed E-state index contributed by atoms with van der Waals surface area (Å²) in [7, 11) is -3.78. The van der Waals surface area contributed by atoms with Gasteiger partial charge in [-0.05, 0) is 61.1 Å². The van der Waals surface area contributed by atoms with E-state index in [0.29, 0.717) is 24.4 Å². The molecule has 2 atom stereocenters. The van der Waals surface area contributed by atoms with Crippen molar-refractivity contribution in [1.29, 1.82) is 5.26 Å². The summed E-state index contributed by atoms with van der Waals surface area (Å²) in [5.74, 6) is -0.643. The largest absolute Gasteiger partial charge is 0.329 e. The molecule has 0 aromatic heterocycles. The number of halogens is 1. The Balaban J connectivity index is 1.50. The van der Waals surface area contributed by atoms with Crippen molar-refractivity contribution in [2.24, 2.45) is 5.92 Å². The number of benzene rings is 2. The number of likely N-dealkylation sites (tertiary alicyclic amines) is 1. The average Bonchev–Trinajstić information content (AvgIpc) is 2.83. The average molecular weight is 514 g/mol. The third-order valence-corrected chi connectivity index (χ3v) is 8.91. The van der Waals surface area contributed by atoms with Gasteiger partial charge in [0.05, 0.1) is 22.9 Å². The SMILES string of the molecule is C[C@@H](CC(=O)[C@H]1CCCCN1C(=O)c1cccc(S(=O)(=O)N2CC(C#N)C2)c1)c1ccc(Cl)cc1. The monoisotopic (exact) mass is 513 g/mol.